The fourth-order valence-electron chi connectivity index (χ4n) is 8.07. The molecule has 0 spiro atoms. The van der Waals surface area contributed by atoms with Crippen LogP contribution in [0, 0.1) is 0 Å². The number of imide groups is 1. The topological polar surface area (TPSA) is 208 Å². The van der Waals surface area contributed by atoms with Gasteiger partial charge in [-0.2, -0.15) is 4.90 Å². The van der Waals surface area contributed by atoms with E-state index in [0.29, 0.717) is 4.90 Å². The van der Waals surface area contributed by atoms with Gasteiger partial charge in [-0.25, -0.2) is 34.3 Å². The summed E-state index contributed by atoms with van der Waals surface area (Å²) in [6, 6.07) is 0. The Morgan fingerprint density at radius 1 is 0.770 bits per heavy atom. The predicted octanol–water partition coefficient (Wildman–Crippen LogP) is 9.00. The molecule has 2 saturated heterocycles. The van der Waals surface area contributed by atoms with E-state index in [1.54, 1.807) is 73.8 Å². The van der Waals surface area contributed by atoms with Gasteiger partial charge in [-0.1, -0.05) is 55.4 Å². The average molecular weight is 890 g/mol. The maximum atomic E-state index is 14.1. The van der Waals surface area contributed by atoms with Gasteiger partial charge in [-0.15, -0.1) is 0 Å². The van der Waals surface area contributed by atoms with Crippen molar-refractivity contribution in [2.24, 2.45) is 0 Å². The number of aromatic nitrogens is 5. The van der Waals surface area contributed by atoms with Crippen LogP contribution in [0.2, 0.25) is 22.2 Å². The van der Waals surface area contributed by atoms with Gasteiger partial charge in [0, 0.05) is 0 Å². The summed E-state index contributed by atoms with van der Waals surface area (Å²) in [5.74, 6) is -0.341. The van der Waals surface area contributed by atoms with Crippen molar-refractivity contribution in [1.82, 2.24) is 24.5 Å². The molecule has 3 amide bonds. The zero-order valence-corrected chi connectivity index (χ0v) is 41.1. The van der Waals surface area contributed by atoms with E-state index in [4.69, 9.17) is 31.9 Å². The Morgan fingerprint density at radius 2 is 1.25 bits per heavy atom. The number of hydrogen-bond donors (Lipinski definition) is 2. The number of carbonyl (C=O) groups is 3. The van der Waals surface area contributed by atoms with Crippen LogP contribution in [-0.4, -0.2) is 106 Å². The summed E-state index contributed by atoms with van der Waals surface area (Å²) in [7, 11) is -6.25. The molecule has 5 rings (SSSR count). The number of hydrogen-bond acceptors (Lipinski definition) is 15. The van der Waals surface area contributed by atoms with Gasteiger partial charge in [0.1, 0.15) is 64.4 Å². The average Bonchev–Trinajstić information content (AvgIpc) is 3.52. The van der Waals surface area contributed by atoms with E-state index in [0.717, 1.165) is 6.33 Å². The SMILES string of the molecule is CC(C)[Si]1(C(C)C)OC[C@H]2O[C@@H](n3c4ncnc(NC(=O)OC(C)(C)C)c4c4c(N(C(=O)OC(C)(C)C)C(=O)OC(C)(C)C)ncnc43)[C@](C)(O)[C@@H]2O[Si](C(C)C)(C(C)C)O1. The van der Waals surface area contributed by atoms with Gasteiger partial charge in [0.25, 0.3) is 0 Å². The quantitative estimate of drug-likeness (QED) is 0.168. The van der Waals surface area contributed by atoms with Crippen molar-refractivity contribution < 1.29 is 51.4 Å². The molecule has 2 aliphatic heterocycles. The third kappa shape index (κ3) is 9.45. The van der Waals surface area contributed by atoms with Gasteiger partial charge in [0.05, 0.1) is 17.4 Å². The number of rotatable bonds is 7. The molecule has 4 atom stereocenters. The second-order valence-corrected chi connectivity index (χ2v) is 29.2. The van der Waals surface area contributed by atoms with Gasteiger partial charge >= 0.3 is 35.4 Å². The molecule has 61 heavy (non-hydrogen) atoms. The third-order valence-electron chi connectivity index (χ3n) is 10.6. The maximum absolute atomic E-state index is 14.1. The molecule has 0 aromatic carbocycles. The highest BCUT2D eigenvalue weighted by Crippen LogP contribution is 2.52. The van der Waals surface area contributed by atoms with Crippen LogP contribution >= 0.6 is 0 Å². The van der Waals surface area contributed by atoms with Gasteiger partial charge in [-0.05, 0) is 91.4 Å². The second-order valence-electron chi connectivity index (χ2n) is 20.4. The van der Waals surface area contributed by atoms with Crippen LogP contribution in [0.3, 0.4) is 0 Å². The standard InChI is InChI=1S/C41H67N7O11Si2/c1-22(2)60(23(3)4)53-19-26-29(58-61(59-60,24(5)6)25(7)8)41(18,52)34(54-26)47-31-27(30(42-20-43-31)46-35(49)55-38(9,10)11)28-32(47)44-21-45-33(28)48(36(50)56-39(12,13)14)37(51)57-40(15,16)17/h20-26,29,34,52H,19H2,1-18H3,(H,42,43,46,49)/t26-,29-,34-,41-/m1/s1. The van der Waals surface area contributed by atoms with E-state index in [2.05, 4.69) is 80.6 Å². The predicted molar refractivity (Wildman–Crippen MR) is 234 cm³/mol. The molecular weight excluding hydrogens is 823 g/mol. The van der Waals surface area contributed by atoms with Crippen molar-refractivity contribution in [1.29, 1.82) is 0 Å². The molecule has 2 N–H and O–H groups in total. The van der Waals surface area contributed by atoms with Crippen LogP contribution < -0.4 is 10.2 Å². The van der Waals surface area contributed by atoms with E-state index in [1.165, 1.54) is 6.33 Å². The fraction of sp³-hybridized carbons (Fsp3) is 0.732. The van der Waals surface area contributed by atoms with Crippen molar-refractivity contribution in [3.8, 4) is 0 Å². The molecule has 0 saturated carbocycles. The Kier molecular flexibility index (Phi) is 13.2. The summed E-state index contributed by atoms with van der Waals surface area (Å²) in [6.07, 6.45) is -3.71. The molecule has 3 aromatic heterocycles. The van der Waals surface area contributed by atoms with Gasteiger partial charge in [0.2, 0.25) is 0 Å². The Balaban J connectivity index is 1.83. The first-order valence-corrected chi connectivity index (χ1v) is 25.0. The van der Waals surface area contributed by atoms with Gasteiger partial charge < -0.3 is 37.0 Å². The molecular formula is C41H67N7O11Si2. The molecule has 3 aromatic rings. The zero-order valence-electron chi connectivity index (χ0n) is 39.1. The van der Waals surface area contributed by atoms with Crippen LogP contribution in [0.1, 0.15) is 131 Å². The van der Waals surface area contributed by atoms with Gasteiger partial charge in [0.15, 0.2) is 12.0 Å². The number of nitrogens with zero attached hydrogens (tertiary/aromatic N) is 6. The highest BCUT2D eigenvalue weighted by atomic mass is 28.5. The van der Waals surface area contributed by atoms with Crippen LogP contribution in [0.15, 0.2) is 12.7 Å². The first kappa shape index (κ1) is 48.2. The largest absolute Gasteiger partial charge is 0.444 e. The zero-order chi connectivity index (χ0) is 46.0. The Morgan fingerprint density at radius 3 is 1.72 bits per heavy atom. The molecule has 18 nitrogen and oxygen atoms in total. The minimum Gasteiger partial charge on any atom is -0.444 e. The molecule has 340 valence electrons. The lowest BCUT2D eigenvalue weighted by Gasteiger charge is -2.52. The number of anilines is 2. The fourth-order valence-corrected chi connectivity index (χ4v) is 19.4. The summed E-state index contributed by atoms with van der Waals surface area (Å²) in [5.41, 5.74) is -4.59. The van der Waals surface area contributed by atoms with Gasteiger partial charge in [-0.3, -0.25) is 9.88 Å². The van der Waals surface area contributed by atoms with E-state index in [1.807, 2.05) is 0 Å². The maximum Gasteiger partial charge on any atom is 0.425 e. The van der Waals surface area contributed by atoms with Crippen LogP contribution in [-0.2, 0) is 31.9 Å². The summed E-state index contributed by atoms with van der Waals surface area (Å²) >= 11 is 0. The molecule has 2 aliphatic rings. The Bertz CT molecular complexity index is 2080. The lowest BCUT2D eigenvalue weighted by Crippen LogP contribution is -2.66. The number of aliphatic hydroxyl groups is 1. The van der Waals surface area contributed by atoms with Crippen LogP contribution in [0.25, 0.3) is 22.1 Å². The van der Waals surface area contributed by atoms with Crippen molar-refractivity contribution in [2.75, 3.05) is 16.8 Å². The van der Waals surface area contributed by atoms with Crippen molar-refractivity contribution in [3.63, 3.8) is 0 Å². The summed E-state index contributed by atoms with van der Waals surface area (Å²) in [6.45, 7) is 33.6. The van der Waals surface area contributed by atoms with E-state index in [9.17, 15) is 19.5 Å². The first-order valence-electron chi connectivity index (χ1n) is 21.0. The van der Waals surface area contributed by atoms with Crippen molar-refractivity contribution >= 4 is 69.1 Å². The van der Waals surface area contributed by atoms with E-state index >= 15 is 0 Å². The molecule has 0 aliphatic carbocycles. The second kappa shape index (κ2) is 16.7. The number of fused-ring (bicyclic) bond motifs is 4. The Labute approximate surface area is 361 Å². The highest BCUT2D eigenvalue weighted by Gasteiger charge is 2.65. The lowest BCUT2D eigenvalue weighted by atomic mass is 9.96. The Hall–Kier alpha value is -3.80. The van der Waals surface area contributed by atoms with E-state index in [-0.39, 0.29) is 62.5 Å². The number of nitrogens with one attached hydrogen (secondary N) is 1. The number of carbonyl (C=O) groups excluding carboxylic acids is 3. The molecule has 2 fully saturated rings. The number of ether oxygens (including phenoxy) is 4. The minimum atomic E-state index is -3.25. The van der Waals surface area contributed by atoms with Crippen molar-refractivity contribution in [3.05, 3.63) is 12.7 Å². The third-order valence-corrected chi connectivity index (χ3v) is 20.8. The minimum absolute atomic E-state index is 0.0317. The highest BCUT2D eigenvalue weighted by molar-refractivity contribution is 6.84. The van der Waals surface area contributed by atoms with Crippen LogP contribution in [0.4, 0.5) is 26.0 Å². The summed E-state index contributed by atoms with van der Waals surface area (Å²) in [4.78, 5) is 60.5. The number of amides is 3. The normalized spacial score (nSPS) is 23.3. The lowest BCUT2D eigenvalue weighted by molar-refractivity contribution is -0.0919. The van der Waals surface area contributed by atoms with E-state index < -0.39 is 76.2 Å². The first-order chi connectivity index (χ1) is 27.9. The van der Waals surface area contributed by atoms with Crippen LogP contribution in [0.5, 0.6) is 0 Å². The van der Waals surface area contributed by atoms with Crippen molar-refractivity contribution in [2.45, 2.75) is 188 Å². The molecule has 5 heterocycles. The molecule has 0 bridgehead atoms. The molecule has 0 unspecified atom stereocenters. The molecule has 0 radical (unpaired) electrons. The smallest absolute Gasteiger partial charge is 0.425 e. The summed E-state index contributed by atoms with van der Waals surface area (Å²) in [5, 5.41) is 15.8. The molecule has 20 heteroatoms. The summed E-state index contributed by atoms with van der Waals surface area (Å²) < 4.78 is 47.2. The monoisotopic (exact) mass is 889 g/mol.